The second-order valence-electron chi connectivity index (χ2n) is 2.13. The third-order valence-corrected chi connectivity index (χ3v) is 0.679. The van der Waals surface area contributed by atoms with E-state index in [1.165, 1.54) is 0 Å². The fourth-order valence-corrected chi connectivity index (χ4v) is 0.454. The molecule has 0 atom stereocenters. The summed E-state index contributed by atoms with van der Waals surface area (Å²) in [6.45, 7) is 3.62. The van der Waals surface area contributed by atoms with Gasteiger partial charge in [0.25, 0.3) is 6.20 Å². The Labute approximate surface area is 59.1 Å². The summed E-state index contributed by atoms with van der Waals surface area (Å²) in [6, 6.07) is 0.0590. The van der Waals surface area contributed by atoms with Gasteiger partial charge in [-0.2, -0.15) is 0 Å². The van der Waals surface area contributed by atoms with Crippen molar-refractivity contribution in [3.05, 3.63) is 22.1 Å². The van der Waals surface area contributed by atoms with E-state index in [0.717, 1.165) is 0 Å². The lowest BCUT2D eigenvalue weighted by Gasteiger charge is -2.04. The lowest BCUT2D eigenvalue weighted by molar-refractivity contribution is -0.403. The fourth-order valence-electron chi connectivity index (χ4n) is 0.454. The molecule has 0 aliphatic carbocycles. The first-order valence-electron chi connectivity index (χ1n) is 2.86. The van der Waals surface area contributed by atoms with E-state index >= 15 is 0 Å². The molecule has 0 aliphatic heterocycles. The van der Waals surface area contributed by atoms with Crippen LogP contribution in [0.3, 0.4) is 0 Å². The lowest BCUT2D eigenvalue weighted by Crippen LogP contribution is -2.23. The van der Waals surface area contributed by atoms with Crippen molar-refractivity contribution in [2.75, 3.05) is 0 Å². The summed E-state index contributed by atoms with van der Waals surface area (Å²) < 4.78 is 0. The number of nitrogens with one attached hydrogen (secondary N) is 2. The van der Waals surface area contributed by atoms with Crippen molar-refractivity contribution in [3.8, 4) is 0 Å². The second kappa shape index (κ2) is 3.71. The number of hydrogen-bond acceptors (Lipinski definition) is 3. The van der Waals surface area contributed by atoms with Gasteiger partial charge in [0.1, 0.15) is 0 Å². The van der Waals surface area contributed by atoms with Crippen LogP contribution in [0.1, 0.15) is 13.8 Å². The first-order chi connectivity index (χ1) is 4.52. The van der Waals surface area contributed by atoms with Crippen LogP contribution in [0.2, 0.25) is 0 Å². The van der Waals surface area contributed by atoms with Gasteiger partial charge in [0.15, 0.2) is 5.82 Å². The van der Waals surface area contributed by atoms with Gasteiger partial charge in [-0.25, -0.2) is 0 Å². The Morgan fingerprint density at radius 2 is 2.30 bits per heavy atom. The molecule has 0 spiro atoms. The average Bonchev–Trinajstić information content (AvgIpc) is 1.58. The van der Waals surface area contributed by atoms with Gasteiger partial charge in [0, 0.05) is 6.04 Å². The van der Waals surface area contributed by atoms with Crippen LogP contribution in [0.4, 0.5) is 0 Å². The summed E-state index contributed by atoms with van der Waals surface area (Å²) >= 11 is 0. The molecule has 0 saturated heterocycles. The average molecular weight is 144 g/mol. The summed E-state index contributed by atoms with van der Waals surface area (Å²) in [5.41, 5.74) is 6.94. The molecule has 0 rings (SSSR count). The molecular weight excluding hydrogens is 134 g/mol. The van der Waals surface area contributed by atoms with Gasteiger partial charge in [0.2, 0.25) is 0 Å². The Hall–Kier alpha value is -1.26. The van der Waals surface area contributed by atoms with Crippen LogP contribution >= 0.6 is 0 Å². The van der Waals surface area contributed by atoms with E-state index in [0.29, 0.717) is 6.20 Å². The molecule has 5 nitrogen and oxygen atoms in total. The third-order valence-electron chi connectivity index (χ3n) is 0.679. The number of rotatable bonds is 3. The van der Waals surface area contributed by atoms with Crippen LogP contribution < -0.4 is 11.1 Å². The molecule has 5 heteroatoms. The van der Waals surface area contributed by atoms with E-state index in [1.807, 2.05) is 13.8 Å². The molecule has 2 N–H and O–H groups in total. The molecule has 0 aromatic heterocycles. The van der Waals surface area contributed by atoms with Crippen molar-refractivity contribution in [3.63, 3.8) is 0 Å². The Morgan fingerprint density at radius 1 is 1.80 bits per heavy atom. The van der Waals surface area contributed by atoms with Crippen LogP contribution in [0.25, 0.3) is 0 Å². The highest BCUT2D eigenvalue weighted by Gasteiger charge is 1.98. The highest BCUT2D eigenvalue weighted by Crippen LogP contribution is 1.84. The summed E-state index contributed by atoms with van der Waals surface area (Å²) in [7, 11) is 0. The summed E-state index contributed by atoms with van der Waals surface area (Å²) in [4.78, 5) is 9.11. The second-order valence-corrected chi connectivity index (χ2v) is 2.13. The Morgan fingerprint density at radius 3 is 2.60 bits per heavy atom. The highest BCUT2D eigenvalue weighted by atomic mass is 16.6. The van der Waals surface area contributed by atoms with Gasteiger partial charge in [0.05, 0.1) is 4.92 Å². The molecule has 0 amide bonds. The van der Waals surface area contributed by atoms with Crippen molar-refractivity contribution in [1.29, 1.82) is 0 Å². The van der Waals surface area contributed by atoms with Crippen molar-refractivity contribution in [2.24, 2.45) is 0 Å². The van der Waals surface area contributed by atoms with Gasteiger partial charge in [-0.05, 0) is 13.8 Å². The zero-order valence-electron chi connectivity index (χ0n) is 5.92. The minimum absolute atomic E-state index is 0.0590. The van der Waals surface area contributed by atoms with E-state index in [2.05, 4.69) is 5.32 Å². The topological polar surface area (TPSA) is 79.0 Å². The van der Waals surface area contributed by atoms with Gasteiger partial charge in [-0.15, -0.1) is 0 Å². The van der Waals surface area contributed by atoms with Crippen LogP contribution in [-0.4, -0.2) is 11.0 Å². The quantitative estimate of drug-likeness (QED) is 0.458. The van der Waals surface area contributed by atoms with Crippen LogP contribution in [0.5, 0.6) is 0 Å². The molecule has 1 radical (unpaired) electrons. The minimum Gasteiger partial charge on any atom is -0.363 e. The Bertz CT molecular complexity index is 153. The molecule has 0 heterocycles. The monoisotopic (exact) mass is 144 g/mol. The van der Waals surface area contributed by atoms with E-state index in [1.54, 1.807) is 0 Å². The fraction of sp³-hybridized carbons (Fsp3) is 0.600. The van der Waals surface area contributed by atoms with Gasteiger partial charge >= 0.3 is 0 Å². The van der Waals surface area contributed by atoms with Crippen molar-refractivity contribution < 1.29 is 4.92 Å². The Balaban J connectivity index is 3.83. The zero-order chi connectivity index (χ0) is 8.15. The molecule has 0 aliphatic rings. The lowest BCUT2D eigenvalue weighted by atomic mass is 10.4. The minimum atomic E-state index is -0.655. The predicted molar refractivity (Wildman–Crippen MR) is 36.4 cm³/mol. The van der Waals surface area contributed by atoms with Crippen LogP contribution in [-0.2, 0) is 0 Å². The van der Waals surface area contributed by atoms with Gasteiger partial charge in [-0.1, -0.05) is 0 Å². The number of hydrogen-bond donors (Lipinski definition) is 1. The molecule has 0 saturated carbocycles. The van der Waals surface area contributed by atoms with Gasteiger partial charge in [-0.3, -0.25) is 15.8 Å². The molecule has 0 fully saturated rings. The third kappa shape index (κ3) is 4.89. The number of nitrogens with zero attached hydrogens (tertiary/aromatic N) is 1. The van der Waals surface area contributed by atoms with Crippen molar-refractivity contribution in [2.45, 2.75) is 19.9 Å². The standard InChI is InChI=1S/C5H10N3O2/c1-4(2)7-5(6)3-8(9)10/h3-4,6-7H,1-2H3. The Kier molecular flexibility index (Phi) is 3.24. The first kappa shape index (κ1) is 8.74. The van der Waals surface area contributed by atoms with E-state index < -0.39 is 4.92 Å². The maximum Gasteiger partial charge on any atom is 0.275 e. The smallest absolute Gasteiger partial charge is 0.275 e. The maximum absolute atomic E-state index is 9.76. The molecule has 10 heavy (non-hydrogen) atoms. The molecule has 0 bridgehead atoms. The van der Waals surface area contributed by atoms with Crippen molar-refractivity contribution >= 4 is 0 Å². The van der Waals surface area contributed by atoms with E-state index in [-0.39, 0.29) is 11.9 Å². The van der Waals surface area contributed by atoms with Crippen molar-refractivity contribution in [1.82, 2.24) is 11.1 Å². The summed E-state index contributed by atoms with van der Waals surface area (Å²) in [5.74, 6) is -0.167. The van der Waals surface area contributed by atoms with Crippen LogP contribution in [0.15, 0.2) is 12.0 Å². The van der Waals surface area contributed by atoms with E-state index in [4.69, 9.17) is 5.73 Å². The van der Waals surface area contributed by atoms with E-state index in [9.17, 15) is 10.1 Å². The summed E-state index contributed by atoms with van der Waals surface area (Å²) in [5, 5.41) is 12.3. The first-order valence-corrected chi connectivity index (χ1v) is 2.86. The summed E-state index contributed by atoms with van der Waals surface area (Å²) in [6.07, 6.45) is 0.625. The molecule has 57 valence electrons. The normalized spacial score (nSPS) is 11.7. The zero-order valence-corrected chi connectivity index (χ0v) is 5.92. The van der Waals surface area contributed by atoms with Crippen LogP contribution in [0, 0.1) is 10.1 Å². The predicted octanol–water partition coefficient (Wildman–Crippen LogP) is 0.343. The molecule has 0 unspecified atom stereocenters. The van der Waals surface area contributed by atoms with Gasteiger partial charge < -0.3 is 5.32 Å². The highest BCUT2D eigenvalue weighted by molar-refractivity contribution is 4.87. The molecule has 0 aromatic carbocycles. The molecule has 0 aromatic rings. The largest absolute Gasteiger partial charge is 0.363 e. The maximum atomic E-state index is 9.76. The number of nitro groups is 1. The molecular formula is C5H10N3O2. The SMILES string of the molecule is CC(C)NC([NH])=C[N+](=O)[O-].